The van der Waals surface area contributed by atoms with E-state index in [-0.39, 0.29) is 5.54 Å². The van der Waals surface area contributed by atoms with Crippen LogP contribution in [0.25, 0.3) is 0 Å². The van der Waals surface area contributed by atoms with Crippen LogP contribution in [0.4, 0.5) is 0 Å². The summed E-state index contributed by atoms with van der Waals surface area (Å²) < 4.78 is 0. The van der Waals surface area contributed by atoms with Gasteiger partial charge in [-0.3, -0.25) is 9.80 Å². The van der Waals surface area contributed by atoms with Crippen LogP contribution in [0.15, 0.2) is 24.3 Å². The second-order valence-corrected chi connectivity index (χ2v) is 7.18. The largest absolute Gasteiger partial charge is 0.329 e. The summed E-state index contributed by atoms with van der Waals surface area (Å²) in [5.41, 5.74) is 8.86. The minimum atomic E-state index is 0.130. The highest BCUT2D eigenvalue weighted by atomic mass is 15.3. The Morgan fingerprint density at radius 2 is 1.62 bits per heavy atom. The lowest BCUT2D eigenvalue weighted by molar-refractivity contribution is 0.0538. The van der Waals surface area contributed by atoms with Gasteiger partial charge in [-0.1, -0.05) is 38.1 Å². The zero-order valence-corrected chi connectivity index (χ0v) is 14.1. The summed E-state index contributed by atoms with van der Waals surface area (Å²) in [4.78, 5) is 5.07. The molecule has 0 radical (unpaired) electrons. The molecule has 21 heavy (non-hydrogen) atoms. The third-order valence-electron chi connectivity index (χ3n) is 4.78. The maximum Gasteiger partial charge on any atom is 0.0276 e. The Labute approximate surface area is 130 Å². The highest BCUT2D eigenvalue weighted by Crippen LogP contribution is 2.18. The Bertz CT molecular complexity index is 428. The number of nitrogens with zero attached hydrogens (tertiary/aromatic N) is 2. The minimum absolute atomic E-state index is 0.130. The maximum atomic E-state index is 5.88. The van der Waals surface area contributed by atoms with Gasteiger partial charge >= 0.3 is 0 Å². The molecular weight excluding hydrogens is 258 g/mol. The van der Waals surface area contributed by atoms with Gasteiger partial charge in [0.2, 0.25) is 0 Å². The van der Waals surface area contributed by atoms with Gasteiger partial charge in [0, 0.05) is 44.8 Å². The fraction of sp³-hybridized carbons (Fsp3) is 0.667. The maximum absolute atomic E-state index is 5.88. The predicted molar refractivity (Wildman–Crippen MR) is 90.5 cm³/mol. The Hall–Kier alpha value is -0.900. The van der Waals surface area contributed by atoms with E-state index in [2.05, 4.69) is 61.8 Å². The summed E-state index contributed by atoms with van der Waals surface area (Å²) in [6.45, 7) is 15.3. The molecule has 0 aliphatic carbocycles. The van der Waals surface area contributed by atoms with Gasteiger partial charge in [0.1, 0.15) is 0 Å². The van der Waals surface area contributed by atoms with Crippen LogP contribution in [0.3, 0.4) is 0 Å². The third-order valence-corrected chi connectivity index (χ3v) is 4.78. The van der Waals surface area contributed by atoms with Crippen molar-refractivity contribution >= 4 is 0 Å². The summed E-state index contributed by atoms with van der Waals surface area (Å²) in [6, 6.07) is 9.11. The van der Waals surface area contributed by atoms with Gasteiger partial charge in [-0.25, -0.2) is 0 Å². The van der Waals surface area contributed by atoms with Gasteiger partial charge < -0.3 is 5.73 Å². The average Bonchev–Trinajstić information content (AvgIpc) is 2.48. The summed E-state index contributed by atoms with van der Waals surface area (Å²) >= 11 is 0. The van der Waals surface area contributed by atoms with Crippen LogP contribution < -0.4 is 5.73 Å². The van der Waals surface area contributed by atoms with Gasteiger partial charge in [0.15, 0.2) is 0 Å². The summed E-state index contributed by atoms with van der Waals surface area (Å²) in [6.07, 6.45) is 0. The first-order valence-corrected chi connectivity index (χ1v) is 8.18. The standard InChI is InChI=1S/C18H31N3/c1-15(2)17-7-5-16(6-8-17)13-20-9-11-21(12-10-20)18(3,4)14-19/h5-8,15H,9-14,19H2,1-4H3. The van der Waals surface area contributed by atoms with Gasteiger partial charge in [0.25, 0.3) is 0 Å². The van der Waals surface area contributed by atoms with Crippen LogP contribution >= 0.6 is 0 Å². The van der Waals surface area contributed by atoms with E-state index in [9.17, 15) is 0 Å². The normalized spacial score (nSPS) is 18.4. The van der Waals surface area contributed by atoms with Crippen molar-refractivity contribution in [3.05, 3.63) is 35.4 Å². The molecule has 0 bridgehead atoms. The Morgan fingerprint density at radius 1 is 1.05 bits per heavy atom. The van der Waals surface area contributed by atoms with E-state index in [1.165, 1.54) is 11.1 Å². The summed E-state index contributed by atoms with van der Waals surface area (Å²) in [7, 11) is 0. The molecule has 0 amide bonds. The number of benzene rings is 1. The van der Waals surface area contributed by atoms with Crippen molar-refractivity contribution in [3.8, 4) is 0 Å². The van der Waals surface area contributed by atoms with E-state index in [1.807, 2.05) is 0 Å². The van der Waals surface area contributed by atoms with Crippen molar-refractivity contribution in [2.24, 2.45) is 5.73 Å². The lowest BCUT2D eigenvalue weighted by atomic mass is 10.0. The molecule has 1 aromatic carbocycles. The van der Waals surface area contributed by atoms with Crippen molar-refractivity contribution < 1.29 is 0 Å². The average molecular weight is 289 g/mol. The van der Waals surface area contributed by atoms with Crippen LogP contribution in [0.5, 0.6) is 0 Å². The molecule has 0 atom stereocenters. The van der Waals surface area contributed by atoms with Crippen LogP contribution in [0.1, 0.15) is 44.7 Å². The highest BCUT2D eigenvalue weighted by Gasteiger charge is 2.28. The Kier molecular flexibility index (Phi) is 5.42. The lowest BCUT2D eigenvalue weighted by Gasteiger charge is -2.43. The first-order chi connectivity index (χ1) is 9.92. The highest BCUT2D eigenvalue weighted by molar-refractivity contribution is 5.24. The zero-order valence-electron chi connectivity index (χ0n) is 14.1. The second-order valence-electron chi connectivity index (χ2n) is 7.18. The van der Waals surface area contributed by atoms with Crippen molar-refractivity contribution in [1.82, 2.24) is 9.80 Å². The van der Waals surface area contributed by atoms with E-state index < -0.39 is 0 Å². The molecule has 3 nitrogen and oxygen atoms in total. The number of rotatable bonds is 5. The summed E-state index contributed by atoms with van der Waals surface area (Å²) in [5.74, 6) is 0.612. The molecular formula is C18H31N3. The molecule has 1 aromatic rings. The topological polar surface area (TPSA) is 32.5 Å². The SMILES string of the molecule is CC(C)c1ccc(CN2CCN(C(C)(C)CN)CC2)cc1. The molecule has 0 aromatic heterocycles. The van der Waals surface area contributed by atoms with E-state index in [4.69, 9.17) is 5.73 Å². The quantitative estimate of drug-likeness (QED) is 0.904. The molecule has 1 heterocycles. The number of piperazine rings is 1. The molecule has 3 heteroatoms. The molecule has 1 aliphatic heterocycles. The van der Waals surface area contributed by atoms with E-state index >= 15 is 0 Å². The van der Waals surface area contributed by atoms with E-state index in [0.717, 1.165) is 39.3 Å². The molecule has 2 rings (SSSR count). The molecule has 0 saturated carbocycles. The van der Waals surface area contributed by atoms with E-state index in [1.54, 1.807) is 0 Å². The predicted octanol–water partition coefficient (Wildman–Crippen LogP) is 2.66. The molecule has 1 fully saturated rings. The smallest absolute Gasteiger partial charge is 0.0276 e. The van der Waals surface area contributed by atoms with Crippen molar-refractivity contribution in [3.63, 3.8) is 0 Å². The monoisotopic (exact) mass is 289 g/mol. The lowest BCUT2D eigenvalue weighted by Crippen LogP contribution is -2.57. The van der Waals surface area contributed by atoms with Gasteiger partial charge in [0.05, 0.1) is 0 Å². The van der Waals surface area contributed by atoms with Crippen LogP contribution in [0.2, 0.25) is 0 Å². The van der Waals surface area contributed by atoms with Gasteiger partial charge in [-0.05, 0) is 30.9 Å². The molecule has 118 valence electrons. The van der Waals surface area contributed by atoms with Crippen molar-refractivity contribution in [1.29, 1.82) is 0 Å². The van der Waals surface area contributed by atoms with Crippen molar-refractivity contribution in [2.45, 2.75) is 45.7 Å². The Balaban J connectivity index is 1.86. The van der Waals surface area contributed by atoms with Crippen LogP contribution in [0, 0.1) is 0 Å². The minimum Gasteiger partial charge on any atom is -0.329 e. The van der Waals surface area contributed by atoms with Gasteiger partial charge in [-0.2, -0.15) is 0 Å². The van der Waals surface area contributed by atoms with E-state index in [0.29, 0.717) is 5.92 Å². The van der Waals surface area contributed by atoms with Crippen LogP contribution in [-0.2, 0) is 6.54 Å². The van der Waals surface area contributed by atoms with Gasteiger partial charge in [-0.15, -0.1) is 0 Å². The molecule has 1 saturated heterocycles. The first kappa shape index (κ1) is 16.5. The molecule has 2 N–H and O–H groups in total. The second kappa shape index (κ2) is 6.91. The fourth-order valence-electron chi connectivity index (χ4n) is 2.91. The summed E-state index contributed by atoms with van der Waals surface area (Å²) in [5, 5.41) is 0. The molecule has 0 spiro atoms. The fourth-order valence-corrected chi connectivity index (χ4v) is 2.91. The van der Waals surface area contributed by atoms with Crippen molar-refractivity contribution in [2.75, 3.05) is 32.7 Å². The number of hydrogen-bond donors (Lipinski definition) is 1. The van der Waals surface area contributed by atoms with Crippen LogP contribution in [-0.4, -0.2) is 48.1 Å². The number of hydrogen-bond acceptors (Lipinski definition) is 3. The molecule has 0 unspecified atom stereocenters. The zero-order chi connectivity index (χ0) is 15.5. The Morgan fingerprint density at radius 3 is 2.10 bits per heavy atom. The number of nitrogens with two attached hydrogens (primary N) is 1. The first-order valence-electron chi connectivity index (χ1n) is 8.18. The molecule has 1 aliphatic rings. The third kappa shape index (κ3) is 4.29.